The minimum atomic E-state index is -0.341. The molecule has 11 nitrogen and oxygen atoms in total. The van der Waals surface area contributed by atoms with E-state index in [0.717, 1.165) is 10.5 Å². The van der Waals surface area contributed by atoms with Crippen LogP contribution in [0.1, 0.15) is 32.7 Å². The first kappa shape index (κ1) is 22.8. The van der Waals surface area contributed by atoms with E-state index in [0.29, 0.717) is 60.8 Å². The van der Waals surface area contributed by atoms with Crippen molar-refractivity contribution < 1.29 is 14.4 Å². The molecule has 0 atom stereocenters. The first-order valence-corrected chi connectivity index (χ1v) is 12.2. The maximum atomic E-state index is 12.9. The molecule has 0 saturated carbocycles. The topological polar surface area (TPSA) is 117 Å². The van der Waals surface area contributed by atoms with Crippen molar-refractivity contribution in [1.29, 1.82) is 0 Å². The highest BCUT2D eigenvalue weighted by Crippen LogP contribution is 2.24. The molecule has 11 heteroatoms. The third kappa shape index (κ3) is 4.18. The Hall–Kier alpha value is -4.67. The molecule has 1 saturated heterocycles. The van der Waals surface area contributed by atoms with Crippen LogP contribution in [0, 0.1) is 0 Å². The molecule has 0 bridgehead atoms. The lowest BCUT2D eigenvalue weighted by molar-refractivity contribution is -0.131. The van der Waals surface area contributed by atoms with Gasteiger partial charge in [0.15, 0.2) is 17.0 Å². The van der Waals surface area contributed by atoms with Crippen LogP contribution in [0.5, 0.6) is 0 Å². The lowest BCUT2D eigenvalue weighted by Gasteiger charge is -2.35. The second-order valence-corrected chi connectivity index (χ2v) is 9.03. The zero-order valence-corrected chi connectivity index (χ0v) is 20.0. The predicted molar refractivity (Wildman–Crippen MR) is 134 cm³/mol. The smallest absolute Gasteiger partial charge is 0.261 e. The van der Waals surface area contributed by atoms with Gasteiger partial charge < -0.3 is 9.80 Å². The number of hydrogen-bond acceptors (Lipinski definition) is 8. The van der Waals surface area contributed by atoms with E-state index in [2.05, 4.69) is 25.2 Å². The van der Waals surface area contributed by atoms with Crippen molar-refractivity contribution in [2.45, 2.75) is 13.0 Å². The van der Waals surface area contributed by atoms with E-state index in [1.54, 1.807) is 33.8 Å². The summed E-state index contributed by atoms with van der Waals surface area (Å²) < 4.78 is 1.76. The summed E-state index contributed by atoms with van der Waals surface area (Å²) in [6.45, 7) is 2.80. The number of benzene rings is 2. The largest absolute Gasteiger partial charge is 0.351 e. The number of hydrogen-bond donors (Lipinski definition) is 0. The van der Waals surface area contributed by atoms with Gasteiger partial charge in [-0.2, -0.15) is 0 Å². The van der Waals surface area contributed by atoms with Gasteiger partial charge in [0, 0.05) is 39.1 Å². The SMILES string of the molecule is O=C(CCN1C(=O)c2ccccc2C1=O)N1CCN(c2ncnc3c2nnn3Cc2ccccc2)CC1. The first-order valence-electron chi connectivity index (χ1n) is 12.2. The van der Waals surface area contributed by atoms with Crippen LogP contribution in [-0.4, -0.2) is 85.2 Å². The highest BCUT2D eigenvalue weighted by atomic mass is 16.2. The van der Waals surface area contributed by atoms with Gasteiger partial charge in [-0.3, -0.25) is 19.3 Å². The summed E-state index contributed by atoms with van der Waals surface area (Å²) in [5.41, 5.74) is 3.18. The molecule has 0 N–H and O–H groups in total. The van der Waals surface area contributed by atoms with E-state index in [1.165, 1.54) is 6.33 Å². The molecule has 6 rings (SSSR count). The quantitative estimate of drug-likeness (QED) is 0.370. The van der Waals surface area contributed by atoms with Crippen molar-refractivity contribution in [3.8, 4) is 0 Å². The lowest BCUT2D eigenvalue weighted by atomic mass is 10.1. The van der Waals surface area contributed by atoms with Crippen LogP contribution >= 0.6 is 0 Å². The normalized spacial score (nSPS) is 15.5. The third-order valence-electron chi connectivity index (χ3n) is 6.82. The van der Waals surface area contributed by atoms with E-state index in [-0.39, 0.29) is 30.7 Å². The molecular weight excluding hydrogens is 472 g/mol. The van der Waals surface area contributed by atoms with Crippen molar-refractivity contribution in [2.24, 2.45) is 0 Å². The summed E-state index contributed by atoms with van der Waals surface area (Å²) in [5.74, 6) is -0.0714. The number of anilines is 1. The molecule has 186 valence electrons. The fourth-order valence-corrected chi connectivity index (χ4v) is 4.85. The zero-order valence-electron chi connectivity index (χ0n) is 20.0. The summed E-state index contributed by atoms with van der Waals surface area (Å²) in [5, 5.41) is 8.64. The maximum Gasteiger partial charge on any atom is 0.261 e. The number of aromatic nitrogens is 5. The van der Waals surface area contributed by atoms with E-state index >= 15 is 0 Å². The molecule has 2 aromatic heterocycles. The van der Waals surface area contributed by atoms with Crippen LogP contribution in [0.4, 0.5) is 5.82 Å². The summed E-state index contributed by atoms with van der Waals surface area (Å²) in [6.07, 6.45) is 1.61. The van der Waals surface area contributed by atoms with Crippen LogP contribution in [0.2, 0.25) is 0 Å². The second-order valence-electron chi connectivity index (χ2n) is 9.03. The lowest BCUT2D eigenvalue weighted by Crippen LogP contribution is -2.49. The van der Waals surface area contributed by atoms with Crippen LogP contribution < -0.4 is 4.90 Å². The molecule has 0 spiro atoms. The van der Waals surface area contributed by atoms with Gasteiger partial charge in [-0.05, 0) is 17.7 Å². The van der Waals surface area contributed by atoms with Crippen LogP contribution in [-0.2, 0) is 11.3 Å². The molecule has 2 aromatic carbocycles. The Morgan fingerprint density at radius 1 is 0.838 bits per heavy atom. The van der Waals surface area contributed by atoms with Crippen molar-refractivity contribution in [3.63, 3.8) is 0 Å². The van der Waals surface area contributed by atoms with Gasteiger partial charge >= 0.3 is 0 Å². The molecule has 0 radical (unpaired) electrons. The second kappa shape index (κ2) is 9.41. The molecule has 37 heavy (non-hydrogen) atoms. The molecule has 3 amide bonds. The molecule has 1 fully saturated rings. The molecule has 4 aromatic rings. The third-order valence-corrected chi connectivity index (χ3v) is 6.82. The van der Waals surface area contributed by atoms with Gasteiger partial charge in [-0.1, -0.05) is 47.7 Å². The number of rotatable bonds is 6. The number of nitrogens with zero attached hydrogens (tertiary/aromatic N) is 8. The van der Waals surface area contributed by atoms with E-state index < -0.39 is 0 Å². The molecular formula is C26H24N8O3. The van der Waals surface area contributed by atoms with Crippen LogP contribution in [0.3, 0.4) is 0 Å². The summed E-state index contributed by atoms with van der Waals surface area (Å²) in [7, 11) is 0. The van der Waals surface area contributed by atoms with E-state index in [1.807, 2.05) is 30.3 Å². The first-order chi connectivity index (χ1) is 18.1. The molecule has 2 aliphatic heterocycles. The Balaban J connectivity index is 1.08. The Labute approximate surface area is 212 Å². The van der Waals surface area contributed by atoms with Gasteiger partial charge in [0.1, 0.15) is 6.33 Å². The number of carbonyl (C=O) groups is 3. The van der Waals surface area contributed by atoms with Gasteiger partial charge in [-0.25, -0.2) is 14.6 Å². The molecule has 0 aliphatic carbocycles. The summed E-state index contributed by atoms with van der Waals surface area (Å²) in [6, 6.07) is 16.7. The number of amides is 3. The summed E-state index contributed by atoms with van der Waals surface area (Å²) in [4.78, 5) is 51.9. The van der Waals surface area contributed by atoms with Crippen molar-refractivity contribution >= 4 is 34.7 Å². The fraction of sp³-hybridized carbons (Fsp3) is 0.269. The van der Waals surface area contributed by atoms with Crippen molar-refractivity contribution in [2.75, 3.05) is 37.6 Å². The average Bonchev–Trinajstić information content (AvgIpc) is 3.46. The van der Waals surface area contributed by atoms with Crippen LogP contribution in [0.15, 0.2) is 60.9 Å². The number of imide groups is 1. The minimum absolute atomic E-state index is 0.0719. The highest BCUT2D eigenvalue weighted by Gasteiger charge is 2.35. The highest BCUT2D eigenvalue weighted by molar-refractivity contribution is 6.21. The summed E-state index contributed by atoms with van der Waals surface area (Å²) >= 11 is 0. The van der Waals surface area contributed by atoms with Gasteiger partial charge in [0.2, 0.25) is 5.91 Å². The van der Waals surface area contributed by atoms with Crippen molar-refractivity contribution in [3.05, 3.63) is 77.6 Å². The molecule has 4 heterocycles. The van der Waals surface area contributed by atoms with E-state index in [4.69, 9.17) is 0 Å². The fourth-order valence-electron chi connectivity index (χ4n) is 4.85. The Morgan fingerprint density at radius 2 is 1.51 bits per heavy atom. The zero-order chi connectivity index (χ0) is 25.4. The number of fused-ring (bicyclic) bond motifs is 2. The molecule has 2 aliphatic rings. The Kier molecular flexibility index (Phi) is 5.79. The number of piperazine rings is 1. The Morgan fingerprint density at radius 3 is 2.22 bits per heavy atom. The van der Waals surface area contributed by atoms with Crippen LogP contribution in [0.25, 0.3) is 11.2 Å². The van der Waals surface area contributed by atoms with Gasteiger partial charge in [-0.15, -0.1) is 5.10 Å². The maximum absolute atomic E-state index is 12.9. The average molecular weight is 497 g/mol. The Bertz CT molecular complexity index is 1460. The number of carbonyl (C=O) groups excluding carboxylic acids is 3. The van der Waals surface area contributed by atoms with Gasteiger partial charge in [0.05, 0.1) is 17.7 Å². The minimum Gasteiger partial charge on any atom is -0.351 e. The molecule has 0 unspecified atom stereocenters. The van der Waals surface area contributed by atoms with Crippen molar-refractivity contribution in [1.82, 2.24) is 34.8 Å². The van der Waals surface area contributed by atoms with E-state index in [9.17, 15) is 14.4 Å². The standard InChI is InChI=1S/C26H24N8O3/c35-21(10-11-33-25(36)19-8-4-5-9-20(19)26(33)37)31-12-14-32(15-13-31)23-22-24(28-17-27-23)34(30-29-22)16-18-6-2-1-3-7-18/h1-9,17H,10-16H2. The van der Waals surface area contributed by atoms with Gasteiger partial charge in [0.25, 0.3) is 11.8 Å². The monoisotopic (exact) mass is 496 g/mol. The predicted octanol–water partition coefficient (Wildman–Crippen LogP) is 1.60.